The van der Waals surface area contributed by atoms with Gasteiger partial charge in [0.1, 0.15) is 10.6 Å². The Balaban J connectivity index is 1.91. The lowest BCUT2D eigenvalue weighted by atomic mass is 10.0. The van der Waals surface area contributed by atoms with Gasteiger partial charge in [0.25, 0.3) is 0 Å². The van der Waals surface area contributed by atoms with E-state index in [2.05, 4.69) is 9.46 Å². The molecule has 0 amide bonds. The molecule has 3 rings (SSSR count). The molecule has 140 valence electrons. The number of benzene rings is 2. The molecule has 1 aliphatic rings. The molecule has 1 unspecified atom stereocenters. The van der Waals surface area contributed by atoms with Gasteiger partial charge in [-0.3, -0.25) is 0 Å². The average Bonchev–Trinajstić information content (AvgIpc) is 3.37. The van der Waals surface area contributed by atoms with Crippen molar-refractivity contribution < 1.29 is 26.3 Å². The van der Waals surface area contributed by atoms with E-state index in [0.717, 1.165) is 36.1 Å². The number of para-hydroxylation sites is 1. The van der Waals surface area contributed by atoms with Crippen molar-refractivity contribution in [2.45, 2.75) is 37.1 Å². The van der Waals surface area contributed by atoms with Crippen LogP contribution in [0.3, 0.4) is 0 Å². The van der Waals surface area contributed by atoms with E-state index in [1.165, 1.54) is 12.1 Å². The molecule has 1 N–H and O–H groups in total. The summed E-state index contributed by atoms with van der Waals surface area (Å²) in [7, 11) is -4.20. The number of alkyl halides is 3. The number of ether oxygens (including phenoxy) is 1. The fourth-order valence-electron chi connectivity index (χ4n) is 2.75. The maximum atomic E-state index is 12.8. The first-order chi connectivity index (χ1) is 12.2. The van der Waals surface area contributed by atoms with Crippen LogP contribution in [0.1, 0.15) is 30.0 Å². The van der Waals surface area contributed by atoms with Crippen LogP contribution in [0.15, 0.2) is 53.4 Å². The fourth-order valence-corrected chi connectivity index (χ4v) is 4.17. The molecule has 0 aliphatic heterocycles. The van der Waals surface area contributed by atoms with Crippen molar-refractivity contribution in [3.8, 4) is 5.75 Å². The standard InChI is InChI=1S/C18H18F3NO3S/c1-12-6-8-13(9-7-12)17(14-10-11-14)22-26(23,24)16-5-3-2-4-15(16)25-18(19,20)21/h2-9,14,17,22H,10-11H2,1H3. The Morgan fingerprint density at radius 3 is 2.27 bits per heavy atom. The van der Waals surface area contributed by atoms with Crippen molar-refractivity contribution in [1.82, 2.24) is 4.72 Å². The van der Waals surface area contributed by atoms with Gasteiger partial charge in [-0.15, -0.1) is 13.2 Å². The number of hydrogen-bond acceptors (Lipinski definition) is 3. The van der Waals surface area contributed by atoms with Crippen LogP contribution in [0.25, 0.3) is 0 Å². The van der Waals surface area contributed by atoms with E-state index in [1.807, 2.05) is 31.2 Å². The molecule has 1 fully saturated rings. The summed E-state index contributed by atoms with van der Waals surface area (Å²) in [5.41, 5.74) is 1.82. The first-order valence-corrected chi connectivity index (χ1v) is 9.58. The molecule has 0 bridgehead atoms. The van der Waals surface area contributed by atoms with Gasteiger partial charge in [0.2, 0.25) is 10.0 Å². The lowest BCUT2D eigenvalue weighted by molar-refractivity contribution is -0.275. The van der Waals surface area contributed by atoms with Crippen LogP contribution in [0.5, 0.6) is 5.75 Å². The predicted octanol–water partition coefficient (Wildman–Crippen LogP) is 4.32. The molecule has 2 aromatic carbocycles. The van der Waals surface area contributed by atoms with Crippen LogP contribution in [-0.4, -0.2) is 14.8 Å². The molecule has 4 nitrogen and oxygen atoms in total. The van der Waals surface area contributed by atoms with Gasteiger partial charge in [-0.25, -0.2) is 13.1 Å². The van der Waals surface area contributed by atoms with E-state index in [-0.39, 0.29) is 5.92 Å². The highest BCUT2D eigenvalue weighted by Crippen LogP contribution is 2.42. The lowest BCUT2D eigenvalue weighted by Crippen LogP contribution is -2.31. The van der Waals surface area contributed by atoms with Crippen LogP contribution in [0.2, 0.25) is 0 Å². The molecule has 0 heterocycles. The summed E-state index contributed by atoms with van der Waals surface area (Å²) in [6.07, 6.45) is -3.25. The Morgan fingerprint density at radius 1 is 1.08 bits per heavy atom. The first-order valence-electron chi connectivity index (χ1n) is 8.09. The third kappa shape index (κ3) is 4.56. The predicted molar refractivity (Wildman–Crippen MR) is 90.1 cm³/mol. The zero-order chi connectivity index (χ0) is 18.9. The van der Waals surface area contributed by atoms with E-state index in [1.54, 1.807) is 0 Å². The topological polar surface area (TPSA) is 55.4 Å². The van der Waals surface area contributed by atoms with Crippen LogP contribution in [0, 0.1) is 12.8 Å². The highest BCUT2D eigenvalue weighted by Gasteiger charge is 2.38. The fraction of sp³-hybridized carbons (Fsp3) is 0.333. The van der Waals surface area contributed by atoms with Gasteiger partial charge < -0.3 is 4.74 Å². The largest absolute Gasteiger partial charge is 0.573 e. The summed E-state index contributed by atoms with van der Waals surface area (Å²) in [6, 6.07) is 11.7. The molecule has 0 radical (unpaired) electrons. The van der Waals surface area contributed by atoms with Crippen LogP contribution >= 0.6 is 0 Å². The second-order valence-electron chi connectivity index (χ2n) is 6.34. The smallest absolute Gasteiger partial charge is 0.404 e. The van der Waals surface area contributed by atoms with Crippen LogP contribution in [0.4, 0.5) is 13.2 Å². The molecular formula is C18H18F3NO3S. The molecule has 1 aliphatic carbocycles. The summed E-state index contributed by atoms with van der Waals surface area (Å²) < 4.78 is 69.7. The minimum atomic E-state index is -4.97. The summed E-state index contributed by atoms with van der Waals surface area (Å²) >= 11 is 0. The molecular weight excluding hydrogens is 367 g/mol. The number of sulfonamides is 1. The third-order valence-corrected chi connectivity index (χ3v) is 5.66. The zero-order valence-corrected chi connectivity index (χ0v) is 14.8. The minimum absolute atomic E-state index is 0.128. The van der Waals surface area contributed by atoms with Gasteiger partial charge in [0.15, 0.2) is 0 Å². The van der Waals surface area contributed by atoms with Crippen LogP contribution in [-0.2, 0) is 10.0 Å². The van der Waals surface area contributed by atoms with Crippen molar-refractivity contribution in [3.05, 3.63) is 59.7 Å². The number of rotatable bonds is 6. The van der Waals surface area contributed by atoms with E-state index >= 15 is 0 Å². The quantitative estimate of drug-likeness (QED) is 0.806. The minimum Gasteiger partial charge on any atom is -0.404 e. The monoisotopic (exact) mass is 385 g/mol. The second-order valence-corrected chi connectivity index (χ2v) is 8.02. The van der Waals surface area contributed by atoms with Gasteiger partial charge in [-0.2, -0.15) is 0 Å². The SMILES string of the molecule is Cc1ccc(C(NS(=O)(=O)c2ccccc2OC(F)(F)F)C2CC2)cc1. The number of halogens is 3. The number of aryl methyl sites for hydroxylation is 1. The van der Waals surface area contributed by atoms with Crippen molar-refractivity contribution >= 4 is 10.0 Å². The van der Waals surface area contributed by atoms with Crippen molar-refractivity contribution in [2.24, 2.45) is 5.92 Å². The summed E-state index contributed by atoms with van der Waals surface area (Å²) in [5, 5.41) is 0. The molecule has 2 aromatic rings. The van der Waals surface area contributed by atoms with Crippen molar-refractivity contribution in [1.29, 1.82) is 0 Å². The zero-order valence-electron chi connectivity index (χ0n) is 14.0. The maximum absolute atomic E-state index is 12.8. The molecule has 0 spiro atoms. The van der Waals surface area contributed by atoms with Gasteiger partial charge in [0, 0.05) is 6.04 Å². The van der Waals surface area contributed by atoms with E-state index in [9.17, 15) is 21.6 Å². The van der Waals surface area contributed by atoms with Crippen molar-refractivity contribution in [2.75, 3.05) is 0 Å². The van der Waals surface area contributed by atoms with Gasteiger partial charge in [-0.1, -0.05) is 42.0 Å². The van der Waals surface area contributed by atoms with Crippen molar-refractivity contribution in [3.63, 3.8) is 0 Å². The Bertz CT molecular complexity index is 875. The summed E-state index contributed by atoms with van der Waals surface area (Å²) in [6.45, 7) is 1.92. The molecule has 0 saturated heterocycles. The lowest BCUT2D eigenvalue weighted by Gasteiger charge is -2.20. The van der Waals surface area contributed by atoms with E-state index in [0.29, 0.717) is 0 Å². The molecule has 0 aromatic heterocycles. The third-order valence-electron chi connectivity index (χ3n) is 4.18. The van der Waals surface area contributed by atoms with Crippen LogP contribution < -0.4 is 9.46 Å². The summed E-state index contributed by atoms with van der Waals surface area (Å²) in [4.78, 5) is -0.532. The first kappa shape index (κ1) is 18.7. The van der Waals surface area contributed by atoms with E-state index < -0.39 is 33.1 Å². The molecule has 8 heteroatoms. The Kier molecular flexibility index (Phi) is 4.98. The normalized spacial score (nSPS) is 16.3. The van der Waals surface area contributed by atoms with Gasteiger partial charge >= 0.3 is 6.36 Å². The molecule has 1 saturated carbocycles. The Labute approximate surface area is 150 Å². The highest BCUT2D eigenvalue weighted by molar-refractivity contribution is 7.89. The average molecular weight is 385 g/mol. The summed E-state index contributed by atoms with van der Waals surface area (Å²) in [5.74, 6) is -0.617. The molecule has 26 heavy (non-hydrogen) atoms. The maximum Gasteiger partial charge on any atom is 0.573 e. The second kappa shape index (κ2) is 6.92. The van der Waals surface area contributed by atoms with Gasteiger partial charge in [0.05, 0.1) is 0 Å². The van der Waals surface area contributed by atoms with Gasteiger partial charge in [-0.05, 0) is 43.4 Å². The Hall–Kier alpha value is -2.06. The molecule has 1 atom stereocenters. The highest BCUT2D eigenvalue weighted by atomic mass is 32.2. The Morgan fingerprint density at radius 2 is 1.69 bits per heavy atom. The number of nitrogens with one attached hydrogen (secondary N) is 1. The van der Waals surface area contributed by atoms with E-state index in [4.69, 9.17) is 0 Å². The number of hydrogen-bond donors (Lipinski definition) is 1.